The molecular formula is C14H12ClFN2O. The van der Waals surface area contributed by atoms with Crippen molar-refractivity contribution in [1.82, 2.24) is 0 Å². The van der Waals surface area contributed by atoms with Crippen LogP contribution in [0.5, 0.6) is 0 Å². The molecule has 0 saturated carbocycles. The quantitative estimate of drug-likeness (QED) is 0.824. The minimum atomic E-state index is -0.649. The predicted octanol–water partition coefficient (Wildman–Crippen LogP) is 3.62. The number of carbonyl (C=O) groups is 1. The average Bonchev–Trinajstić information content (AvgIpc) is 2.32. The van der Waals surface area contributed by atoms with Crippen molar-refractivity contribution in [2.75, 3.05) is 11.1 Å². The third kappa shape index (κ3) is 3.03. The molecule has 1 amide bonds. The van der Waals surface area contributed by atoms with Crippen molar-refractivity contribution in [2.24, 2.45) is 0 Å². The van der Waals surface area contributed by atoms with Gasteiger partial charge >= 0.3 is 0 Å². The summed E-state index contributed by atoms with van der Waals surface area (Å²) in [5.41, 5.74) is 7.05. The Hall–Kier alpha value is -2.07. The molecule has 0 unspecified atom stereocenters. The zero-order chi connectivity index (χ0) is 14.0. The third-order valence-corrected chi connectivity index (χ3v) is 2.91. The lowest BCUT2D eigenvalue weighted by Gasteiger charge is -2.09. The van der Waals surface area contributed by atoms with E-state index in [0.29, 0.717) is 10.7 Å². The highest BCUT2D eigenvalue weighted by molar-refractivity contribution is 6.30. The Morgan fingerprint density at radius 3 is 2.63 bits per heavy atom. The molecule has 19 heavy (non-hydrogen) atoms. The van der Waals surface area contributed by atoms with Gasteiger partial charge in [0.1, 0.15) is 5.82 Å². The summed E-state index contributed by atoms with van der Waals surface area (Å²) in [6.45, 7) is 1.81. The highest BCUT2D eigenvalue weighted by Gasteiger charge is 2.13. The summed E-state index contributed by atoms with van der Waals surface area (Å²) in [5, 5.41) is 3.21. The van der Waals surface area contributed by atoms with Gasteiger partial charge in [0.25, 0.3) is 5.91 Å². The van der Waals surface area contributed by atoms with E-state index in [2.05, 4.69) is 5.32 Å². The van der Waals surface area contributed by atoms with E-state index in [1.54, 1.807) is 25.1 Å². The van der Waals surface area contributed by atoms with Gasteiger partial charge in [0.15, 0.2) is 0 Å². The molecule has 0 saturated heterocycles. The summed E-state index contributed by atoms with van der Waals surface area (Å²) in [7, 11) is 0. The smallest absolute Gasteiger partial charge is 0.258 e. The van der Waals surface area contributed by atoms with Gasteiger partial charge in [-0.1, -0.05) is 11.6 Å². The van der Waals surface area contributed by atoms with Crippen LogP contribution in [0.3, 0.4) is 0 Å². The second-order valence-electron chi connectivity index (χ2n) is 4.15. The van der Waals surface area contributed by atoms with Crippen molar-refractivity contribution in [2.45, 2.75) is 6.92 Å². The summed E-state index contributed by atoms with van der Waals surface area (Å²) in [6.07, 6.45) is 0. The minimum absolute atomic E-state index is 0.0523. The number of anilines is 2. The van der Waals surface area contributed by atoms with Gasteiger partial charge in [-0.3, -0.25) is 4.79 Å². The predicted molar refractivity (Wildman–Crippen MR) is 75.0 cm³/mol. The molecule has 0 atom stereocenters. The maximum Gasteiger partial charge on any atom is 0.258 e. The Morgan fingerprint density at radius 1 is 1.26 bits per heavy atom. The molecule has 0 radical (unpaired) electrons. The highest BCUT2D eigenvalue weighted by Crippen LogP contribution is 2.21. The Bertz CT molecular complexity index is 643. The van der Waals surface area contributed by atoms with Crippen molar-refractivity contribution in [3.63, 3.8) is 0 Å². The van der Waals surface area contributed by atoms with Crippen molar-refractivity contribution >= 4 is 28.9 Å². The summed E-state index contributed by atoms with van der Waals surface area (Å²) in [6, 6.07) is 8.99. The van der Waals surface area contributed by atoms with Crippen LogP contribution in [0.4, 0.5) is 15.8 Å². The first-order chi connectivity index (χ1) is 8.97. The normalized spacial score (nSPS) is 10.3. The molecule has 0 aliphatic heterocycles. The molecule has 0 aliphatic rings. The Labute approximate surface area is 115 Å². The first-order valence-electron chi connectivity index (χ1n) is 5.60. The van der Waals surface area contributed by atoms with E-state index < -0.39 is 11.7 Å². The molecule has 0 aliphatic carbocycles. The monoisotopic (exact) mass is 278 g/mol. The Balaban J connectivity index is 2.25. The van der Waals surface area contributed by atoms with Crippen LogP contribution in [-0.2, 0) is 0 Å². The van der Waals surface area contributed by atoms with Crippen LogP contribution in [0.2, 0.25) is 5.02 Å². The molecule has 98 valence electrons. The van der Waals surface area contributed by atoms with E-state index in [-0.39, 0.29) is 11.3 Å². The Morgan fingerprint density at radius 2 is 2.00 bits per heavy atom. The molecule has 3 nitrogen and oxygen atoms in total. The van der Waals surface area contributed by atoms with Crippen LogP contribution in [-0.4, -0.2) is 5.91 Å². The van der Waals surface area contributed by atoms with Crippen LogP contribution < -0.4 is 11.1 Å². The van der Waals surface area contributed by atoms with Crippen LogP contribution >= 0.6 is 11.6 Å². The van der Waals surface area contributed by atoms with Gasteiger partial charge in [-0.15, -0.1) is 0 Å². The van der Waals surface area contributed by atoms with Crippen LogP contribution in [0, 0.1) is 12.7 Å². The van der Waals surface area contributed by atoms with Gasteiger partial charge in [0, 0.05) is 16.4 Å². The lowest BCUT2D eigenvalue weighted by atomic mass is 10.1. The molecule has 0 aromatic heterocycles. The number of rotatable bonds is 2. The number of halogens is 2. The number of hydrogen-bond acceptors (Lipinski definition) is 2. The van der Waals surface area contributed by atoms with Gasteiger partial charge in [0.05, 0.1) is 5.56 Å². The van der Waals surface area contributed by atoms with E-state index in [0.717, 1.165) is 11.6 Å². The molecule has 2 aromatic rings. The van der Waals surface area contributed by atoms with Gasteiger partial charge in [-0.2, -0.15) is 0 Å². The summed E-state index contributed by atoms with van der Waals surface area (Å²) in [5.74, 6) is -1.17. The highest BCUT2D eigenvalue weighted by atomic mass is 35.5. The van der Waals surface area contributed by atoms with Gasteiger partial charge in [-0.05, 0) is 48.9 Å². The summed E-state index contributed by atoms with van der Waals surface area (Å²) in [4.78, 5) is 12.0. The largest absolute Gasteiger partial charge is 0.399 e. The SMILES string of the molecule is Cc1cc(Cl)ccc1NC(=O)c1ccc(N)cc1F. The van der Waals surface area contributed by atoms with E-state index in [1.807, 2.05) is 0 Å². The molecule has 0 bridgehead atoms. The summed E-state index contributed by atoms with van der Waals surface area (Å²) >= 11 is 5.83. The van der Waals surface area contributed by atoms with E-state index in [9.17, 15) is 9.18 Å². The average molecular weight is 279 g/mol. The molecule has 0 spiro atoms. The fourth-order valence-electron chi connectivity index (χ4n) is 1.67. The van der Waals surface area contributed by atoms with Gasteiger partial charge < -0.3 is 11.1 Å². The number of nitrogens with one attached hydrogen (secondary N) is 1. The number of benzene rings is 2. The number of nitrogen functional groups attached to an aromatic ring is 1. The zero-order valence-electron chi connectivity index (χ0n) is 10.2. The third-order valence-electron chi connectivity index (χ3n) is 2.67. The number of hydrogen-bond donors (Lipinski definition) is 2. The number of amides is 1. The van der Waals surface area contributed by atoms with E-state index in [1.165, 1.54) is 12.1 Å². The zero-order valence-corrected chi connectivity index (χ0v) is 11.0. The second-order valence-corrected chi connectivity index (χ2v) is 4.59. The fraction of sp³-hybridized carbons (Fsp3) is 0.0714. The molecular weight excluding hydrogens is 267 g/mol. The van der Waals surface area contributed by atoms with Crippen LogP contribution in [0.15, 0.2) is 36.4 Å². The second kappa shape index (κ2) is 5.28. The number of carbonyl (C=O) groups excluding carboxylic acids is 1. The molecule has 2 aromatic carbocycles. The van der Waals surface area contributed by atoms with Gasteiger partial charge in [0.2, 0.25) is 0 Å². The molecule has 2 rings (SSSR count). The maximum atomic E-state index is 13.6. The maximum absolute atomic E-state index is 13.6. The molecule has 3 N–H and O–H groups in total. The molecule has 5 heteroatoms. The van der Waals surface area contributed by atoms with Crippen LogP contribution in [0.25, 0.3) is 0 Å². The number of aryl methyl sites for hydroxylation is 1. The lowest BCUT2D eigenvalue weighted by molar-refractivity contribution is 0.102. The molecule has 0 heterocycles. The van der Waals surface area contributed by atoms with Gasteiger partial charge in [-0.25, -0.2) is 4.39 Å². The topological polar surface area (TPSA) is 55.1 Å². The fourth-order valence-corrected chi connectivity index (χ4v) is 1.90. The standard InChI is InChI=1S/C14H12ClFN2O/c1-8-6-9(15)2-5-13(8)18-14(19)11-4-3-10(17)7-12(11)16/h2-7H,17H2,1H3,(H,18,19). The van der Waals surface area contributed by atoms with Crippen molar-refractivity contribution in [3.8, 4) is 0 Å². The Kier molecular flexibility index (Phi) is 3.71. The lowest BCUT2D eigenvalue weighted by Crippen LogP contribution is -2.14. The van der Waals surface area contributed by atoms with Crippen molar-refractivity contribution < 1.29 is 9.18 Å². The van der Waals surface area contributed by atoms with Crippen LogP contribution in [0.1, 0.15) is 15.9 Å². The van der Waals surface area contributed by atoms with E-state index >= 15 is 0 Å². The summed E-state index contributed by atoms with van der Waals surface area (Å²) < 4.78 is 13.6. The van der Waals surface area contributed by atoms with Crippen molar-refractivity contribution in [1.29, 1.82) is 0 Å². The minimum Gasteiger partial charge on any atom is -0.399 e. The van der Waals surface area contributed by atoms with E-state index in [4.69, 9.17) is 17.3 Å². The van der Waals surface area contributed by atoms with Crippen molar-refractivity contribution in [3.05, 3.63) is 58.4 Å². The molecule has 0 fully saturated rings. The first kappa shape index (κ1) is 13.4. The first-order valence-corrected chi connectivity index (χ1v) is 5.97. The number of nitrogens with two attached hydrogens (primary N) is 1.